The van der Waals surface area contributed by atoms with Crippen molar-refractivity contribution in [2.45, 2.75) is 23.8 Å². The number of nitrogens with zero attached hydrogens (tertiary/aromatic N) is 1. The minimum Gasteiger partial charge on any atom is -0.393 e. The fourth-order valence-corrected chi connectivity index (χ4v) is 4.10. The van der Waals surface area contributed by atoms with E-state index in [1.807, 2.05) is 0 Å². The molecule has 1 fully saturated rings. The first-order chi connectivity index (χ1) is 8.41. The van der Waals surface area contributed by atoms with Gasteiger partial charge in [0, 0.05) is 18.1 Å². The van der Waals surface area contributed by atoms with Crippen LogP contribution >= 0.6 is 23.2 Å². The lowest BCUT2D eigenvalue weighted by Gasteiger charge is -2.29. The van der Waals surface area contributed by atoms with Gasteiger partial charge in [-0.05, 0) is 31.0 Å². The molecule has 100 valence electrons. The van der Waals surface area contributed by atoms with E-state index in [1.54, 1.807) is 6.07 Å². The Morgan fingerprint density at radius 2 is 1.83 bits per heavy atom. The second-order valence-electron chi connectivity index (χ2n) is 4.21. The molecule has 0 unspecified atom stereocenters. The van der Waals surface area contributed by atoms with Crippen LogP contribution in [-0.4, -0.2) is 37.0 Å². The first-order valence-corrected chi connectivity index (χ1v) is 7.74. The van der Waals surface area contributed by atoms with Crippen molar-refractivity contribution in [1.29, 1.82) is 0 Å². The van der Waals surface area contributed by atoms with Gasteiger partial charge in [-0.1, -0.05) is 23.2 Å². The number of hydrogen-bond donors (Lipinski definition) is 1. The molecular weight excluding hydrogens is 297 g/mol. The summed E-state index contributed by atoms with van der Waals surface area (Å²) in [6.07, 6.45) is 0.459. The molecule has 0 atom stereocenters. The molecule has 1 aromatic carbocycles. The summed E-state index contributed by atoms with van der Waals surface area (Å²) in [6.45, 7) is 0.596. The van der Waals surface area contributed by atoms with E-state index in [-0.39, 0.29) is 9.92 Å². The van der Waals surface area contributed by atoms with Gasteiger partial charge in [-0.3, -0.25) is 0 Å². The molecule has 1 aliphatic rings. The van der Waals surface area contributed by atoms with Gasteiger partial charge in [0.05, 0.1) is 11.1 Å². The number of piperidine rings is 1. The maximum Gasteiger partial charge on any atom is 0.244 e. The Bertz CT molecular complexity index is 539. The van der Waals surface area contributed by atoms with Crippen molar-refractivity contribution in [3.63, 3.8) is 0 Å². The lowest BCUT2D eigenvalue weighted by molar-refractivity contribution is 0.113. The van der Waals surface area contributed by atoms with Gasteiger partial charge >= 0.3 is 0 Å². The van der Waals surface area contributed by atoms with Crippen molar-refractivity contribution in [2.24, 2.45) is 0 Å². The molecule has 1 aliphatic heterocycles. The van der Waals surface area contributed by atoms with Gasteiger partial charge in [0.2, 0.25) is 10.0 Å². The quantitative estimate of drug-likeness (QED) is 0.910. The van der Waals surface area contributed by atoms with Crippen LogP contribution in [-0.2, 0) is 10.0 Å². The fraction of sp³-hybridized carbons (Fsp3) is 0.455. The monoisotopic (exact) mass is 309 g/mol. The maximum atomic E-state index is 12.4. The van der Waals surface area contributed by atoms with Crippen LogP contribution in [0.15, 0.2) is 23.1 Å². The van der Waals surface area contributed by atoms with E-state index in [0.717, 1.165) is 0 Å². The fourth-order valence-electron chi connectivity index (χ4n) is 1.90. The van der Waals surface area contributed by atoms with Gasteiger partial charge in [-0.2, -0.15) is 4.31 Å². The van der Waals surface area contributed by atoms with Crippen LogP contribution in [0.1, 0.15) is 12.8 Å². The van der Waals surface area contributed by atoms with Crippen molar-refractivity contribution in [3.05, 3.63) is 28.2 Å². The molecule has 0 aromatic heterocycles. The topological polar surface area (TPSA) is 57.6 Å². The lowest BCUT2D eigenvalue weighted by atomic mass is 10.1. The molecule has 18 heavy (non-hydrogen) atoms. The molecule has 0 aliphatic carbocycles. The van der Waals surface area contributed by atoms with Gasteiger partial charge < -0.3 is 5.11 Å². The molecule has 0 saturated carbocycles. The number of hydrogen-bond acceptors (Lipinski definition) is 3. The van der Waals surface area contributed by atoms with Crippen molar-refractivity contribution in [2.75, 3.05) is 13.1 Å². The van der Waals surface area contributed by atoms with E-state index < -0.39 is 16.1 Å². The van der Waals surface area contributed by atoms with Crippen molar-refractivity contribution in [1.82, 2.24) is 4.31 Å². The summed E-state index contributed by atoms with van der Waals surface area (Å²) in [5.74, 6) is 0. The lowest BCUT2D eigenvalue weighted by Crippen LogP contribution is -2.40. The Morgan fingerprint density at radius 1 is 1.22 bits per heavy atom. The van der Waals surface area contributed by atoms with Crippen LogP contribution in [0.3, 0.4) is 0 Å². The highest BCUT2D eigenvalue weighted by Crippen LogP contribution is 2.29. The molecule has 1 aromatic rings. The van der Waals surface area contributed by atoms with E-state index in [1.165, 1.54) is 16.4 Å². The van der Waals surface area contributed by atoms with Crippen LogP contribution in [0.25, 0.3) is 0 Å². The predicted molar refractivity (Wildman–Crippen MR) is 70.5 cm³/mol. The molecule has 0 amide bonds. The summed E-state index contributed by atoms with van der Waals surface area (Å²) >= 11 is 11.7. The minimum absolute atomic E-state index is 0.0213. The highest BCUT2D eigenvalue weighted by molar-refractivity contribution is 7.89. The summed E-state index contributed by atoms with van der Waals surface area (Å²) < 4.78 is 26.1. The zero-order valence-corrected chi connectivity index (χ0v) is 11.8. The number of aliphatic hydroxyl groups is 1. The largest absolute Gasteiger partial charge is 0.393 e. The number of sulfonamides is 1. The normalized spacial score (nSPS) is 19.1. The third-order valence-electron chi connectivity index (χ3n) is 2.93. The summed E-state index contributed by atoms with van der Waals surface area (Å²) in [6, 6.07) is 4.36. The van der Waals surface area contributed by atoms with Crippen LogP contribution in [0, 0.1) is 0 Å². The minimum atomic E-state index is -3.63. The smallest absolute Gasteiger partial charge is 0.244 e. The Kier molecular flexibility index (Phi) is 4.18. The average molecular weight is 310 g/mol. The molecule has 1 heterocycles. The first-order valence-electron chi connectivity index (χ1n) is 5.54. The third-order valence-corrected chi connectivity index (χ3v) is 5.55. The standard InChI is InChI=1S/C11H13Cl2NO3S/c12-8-1-2-10(13)11(7-8)18(16,17)14-5-3-9(15)4-6-14/h1-2,7,9,15H,3-6H2. The Morgan fingerprint density at radius 3 is 2.44 bits per heavy atom. The van der Waals surface area contributed by atoms with Gasteiger partial charge in [-0.25, -0.2) is 8.42 Å². The molecule has 0 radical (unpaired) electrons. The summed E-state index contributed by atoms with van der Waals surface area (Å²) in [5, 5.41) is 9.88. The Labute approximate surface area is 116 Å². The van der Waals surface area contributed by atoms with Crippen LogP contribution in [0.5, 0.6) is 0 Å². The van der Waals surface area contributed by atoms with E-state index >= 15 is 0 Å². The summed E-state index contributed by atoms with van der Waals surface area (Å²) in [5.41, 5.74) is 0. The SMILES string of the molecule is O=S(=O)(c1cc(Cl)ccc1Cl)N1CCC(O)CC1. The average Bonchev–Trinajstić information content (AvgIpc) is 2.32. The molecule has 1 N–H and O–H groups in total. The van der Waals surface area contributed by atoms with Crippen molar-refractivity contribution >= 4 is 33.2 Å². The van der Waals surface area contributed by atoms with Crippen LogP contribution in [0.4, 0.5) is 0 Å². The van der Waals surface area contributed by atoms with Gasteiger partial charge in [0.1, 0.15) is 4.90 Å². The molecule has 7 heteroatoms. The molecular formula is C11H13Cl2NO3S. The molecule has 4 nitrogen and oxygen atoms in total. The highest BCUT2D eigenvalue weighted by atomic mass is 35.5. The van der Waals surface area contributed by atoms with Crippen molar-refractivity contribution < 1.29 is 13.5 Å². The van der Waals surface area contributed by atoms with E-state index in [2.05, 4.69) is 0 Å². The third kappa shape index (κ3) is 2.81. The second kappa shape index (κ2) is 5.35. The van der Waals surface area contributed by atoms with Crippen LogP contribution < -0.4 is 0 Å². The summed E-state index contributed by atoms with van der Waals surface area (Å²) in [4.78, 5) is 0.0213. The maximum absolute atomic E-state index is 12.4. The zero-order chi connectivity index (χ0) is 13.3. The van der Waals surface area contributed by atoms with Crippen molar-refractivity contribution in [3.8, 4) is 0 Å². The number of rotatable bonds is 2. The van der Waals surface area contributed by atoms with Crippen LogP contribution in [0.2, 0.25) is 10.0 Å². The highest BCUT2D eigenvalue weighted by Gasteiger charge is 2.30. The Hall–Kier alpha value is -0.330. The van der Waals surface area contributed by atoms with E-state index in [0.29, 0.717) is 31.0 Å². The molecule has 0 bridgehead atoms. The number of aliphatic hydroxyl groups excluding tert-OH is 1. The zero-order valence-electron chi connectivity index (χ0n) is 9.51. The number of benzene rings is 1. The van der Waals surface area contributed by atoms with Gasteiger partial charge in [-0.15, -0.1) is 0 Å². The van der Waals surface area contributed by atoms with Gasteiger partial charge in [0.25, 0.3) is 0 Å². The molecule has 0 spiro atoms. The second-order valence-corrected chi connectivity index (χ2v) is 6.96. The van der Waals surface area contributed by atoms with E-state index in [4.69, 9.17) is 23.2 Å². The Balaban J connectivity index is 2.33. The predicted octanol–water partition coefficient (Wildman–Crippen LogP) is 2.14. The molecule has 1 saturated heterocycles. The number of halogens is 2. The first kappa shape index (κ1) is 14.1. The van der Waals surface area contributed by atoms with Gasteiger partial charge in [0.15, 0.2) is 0 Å². The molecule has 2 rings (SSSR count). The summed E-state index contributed by atoms with van der Waals surface area (Å²) in [7, 11) is -3.63. The van der Waals surface area contributed by atoms with E-state index in [9.17, 15) is 13.5 Å².